The molecule has 8 heteroatoms. The zero-order chi connectivity index (χ0) is 14.0. The number of hydrogen-bond donors (Lipinski definition) is 2. The van der Waals surface area contributed by atoms with Crippen molar-refractivity contribution in [2.24, 2.45) is 0 Å². The number of nitrogen functional groups attached to an aromatic ring is 1. The molecule has 0 bridgehead atoms. The summed E-state index contributed by atoms with van der Waals surface area (Å²) in [5.74, 6) is -1.90. The summed E-state index contributed by atoms with van der Waals surface area (Å²) >= 11 is 0. The van der Waals surface area contributed by atoms with Gasteiger partial charge >= 0.3 is 0 Å². The zero-order valence-electron chi connectivity index (χ0n) is 9.47. The summed E-state index contributed by atoms with van der Waals surface area (Å²) in [5, 5.41) is -0.822. The second-order valence-electron chi connectivity index (χ2n) is 3.60. The Morgan fingerprint density at radius 3 is 2.42 bits per heavy atom. The molecule has 0 aliphatic heterocycles. The van der Waals surface area contributed by atoms with Crippen LogP contribution in [0.15, 0.2) is 41.6 Å². The highest BCUT2D eigenvalue weighted by molar-refractivity contribution is 7.92. The lowest BCUT2D eigenvalue weighted by Crippen LogP contribution is -2.18. The summed E-state index contributed by atoms with van der Waals surface area (Å²) in [6.07, 6.45) is 1.11. The molecule has 100 valence electrons. The van der Waals surface area contributed by atoms with E-state index >= 15 is 0 Å². The number of sulfonamides is 1. The topological polar surface area (TPSA) is 85.1 Å². The number of halogens is 2. The molecule has 2 rings (SSSR count). The molecule has 2 aromatic rings. The van der Waals surface area contributed by atoms with E-state index in [-0.39, 0.29) is 5.69 Å². The fourth-order valence-electron chi connectivity index (χ4n) is 1.40. The number of para-hydroxylation sites is 1. The number of rotatable bonds is 3. The third kappa shape index (κ3) is 2.63. The molecule has 0 unspecified atom stereocenters. The Hall–Kier alpha value is -2.22. The third-order valence-corrected chi connectivity index (χ3v) is 3.54. The van der Waals surface area contributed by atoms with Gasteiger partial charge in [0.25, 0.3) is 10.0 Å². The van der Waals surface area contributed by atoms with Gasteiger partial charge < -0.3 is 5.73 Å². The van der Waals surface area contributed by atoms with Crippen molar-refractivity contribution in [2.75, 3.05) is 10.5 Å². The Balaban J connectivity index is 2.46. The van der Waals surface area contributed by atoms with Gasteiger partial charge in [0, 0.05) is 6.20 Å². The largest absolute Gasteiger partial charge is 0.397 e. The van der Waals surface area contributed by atoms with Crippen LogP contribution in [0, 0.1) is 11.6 Å². The Kier molecular flexibility index (Phi) is 3.34. The molecule has 3 N–H and O–H groups in total. The first kappa shape index (κ1) is 13.2. The lowest BCUT2D eigenvalue weighted by Gasteiger charge is -2.10. The van der Waals surface area contributed by atoms with Crippen molar-refractivity contribution in [1.29, 1.82) is 0 Å². The molecular formula is C11H9F2N3O2S. The van der Waals surface area contributed by atoms with Crippen LogP contribution in [0.2, 0.25) is 0 Å². The minimum absolute atomic E-state index is 0.111. The predicted octanol–water partition coefficient (Wildman–Crippen LogP) is 1.74. The van der Waals surface area contributed by atoms with E-state index in [0.717, 1.165) is 18.3 Å². The van der Waals surface area contributed by atoms with Gasteiger partial charge in [0.1, 0.15) is 11.5 Å². The third-order valence-electron chi connectivity index (χ3n) is 2.26. The Bertz CT molecular complexity index is 699. The van der Waals surface area contributed by atoms with Crippen LogP contribution in [0.25, 0.3) is 0 Å². The van der Waals surface area contributed by atoms with Crippen molar-refractivity contribution in [3.8, 4) is 0 Å². The maximum Gasteiger partial charge on any atom is 0.282 e. The molecule has 1 aromatic heterocycles. The minimum atomic E-state index is -4.35. The molecule has 19 heavy (non-hydrogen) atoms. The summed E-state index contributed by atoms with van der Waals surface area (Å²) in [7, 11) is -4.35. The van der Waals surface area contributed by atoms with Gasteiger partial charge in [-0.05, 0) is 24.3 Å². The number of anilines is 2. The quantitative estimate of drug-likeness (QED) is 0.841. The lowest BCUT2D eigenvalue weighted by molar-refractivity contribution is 0.556. The van der Waals surface area contributed by atoms with Crippen molar-refractivity contribution in [1.82, 2.24) is 4.98 Å². The molecule has 1 aromatic carbocycles. The summed E-state index contributed by atoms with van der Waals surface area (Å²) in [5.41, 5.74) is 4.91. The fourth-order valence-corrected chi connectivity index (χ4v) is 2.51. The van der Waals surface area contributed by atoms with Crippen LogP contribution in [0.3, 0.4) is 0 Å². The lowest BCUT2D eigenvalue weighted by atomic mass is 10.3. The molecule has 5 nitrogen and oxygen atoms in total. The standard InChI is InChI=1S/C11H9F2N3O2S/c12-7-3-1-5-9(14)10(7)16-19(17,18)11-8(13)4-2-6-15-11/h1-6,16H,14H2. The molecule has 0 aliphatic rings. The van der Waals surface area contributed by atoms with E-state index in [1.165, 1.54) is 18.2 Å². The number of nitrogens with zero attached hydrogens (tertiary/aromatic N) is 1. The summed E-state index contributed by atoms with van der Waals surface area (Å²) in [4.78, 5) is 3.42. The second kappa shape index (κ2) is 4.81. The van der Waals surface area contributed by atoms with Crippen LogP contribution in [0.1, 0.15) is 0 Å². The summed E-state index contributed by atoms with van der Waals surface area (Å²) in [6.45, 7) is 0. The number of aromatic nitrogens is 1. The number of nitrogens with two attached hydrogens (primary N) is 1. The minimum Gasteiger partial charge on any atom is -0.397 e. The second-order valence-corrected chi connectivity index (χ2v) is 5.20. The monoisotopic (exact) mass is 285 g/mol. The molecule has 0 saturated carbocycles. The highest BCUT2D eigenvalue weighted by atomic mass is 32.2. The molecule has 1 heterocycles. The van der Waals surface area contributed by atoms with Crippen molar-refractivity contribution < 1.29 is 17.2 Å². The average Bonchev–Trinajstić information content (AvgIpc) is 2.34. The van der Waals surface area contributed by atoms with Crippen LogP contribution < -0.4 is 10.5 Å². The maximum atomic E-state index is 13.5. The van der Waals surface area contributed by atoms with Crippen molar-refractivity contribution in [2.45, 2.75) is 5.03 Å². The Labute approximate surface area is 108 Å². The van der Waals surface area contributed by atoms with Gasteiger partial charge in [0.15, 0.2) is 5.82 Å². The number of hydrogen-bond acceptors (Lipinski definition) is 4. The van der Waals surface area contributed by atoms with Crippen LogP contribution in [0.5, 0.6) is 0 Å². The molecule has 0 amide bonds. The van der Waals surface area contributed by atoms with E-state index in [1.54, 1.807) is 0 Å². The van der Waals surface area contributed by atoms with Gasteiger partial charge in [0.05, 0.1) is 5.69 Å². The highest BCUT2D eigenvalue weighted by Gasteiger charge is 2.22. The van der Waals surface area contributed by atoms with Gasteiger partial charge in [-0.15, -0.1) is 0 Å². The van der Waals surface area contributed by atoms with E-state index < -0.39 is 32.4 Å². The fraction of sp³-hybridized carbons (Fsp3) is 0. The molecule has 0 atom stereocenters. The average molecular weight is 285 g/mol. The summed E-state index contributed by atoms with van der Waals surface area (Å²) in [6, 6.07) is 5.85. The van der Waals surface area contributed by atoms with E-state index in [0.29, 0.717) is 0 Å². The molecule has 0 radical (unpaired) electrons. The van der Waals surface area contributed by atoms with Crippen molar-refractivity contribution >= 4 is 21.4 Å². The van der Waals surface area contributed by atoms with Gasteiger partial charge in [-0.1, -0.05) is 6.07 Å². The molecular weight excluding hydrogens is 276 g/mol. The molecule has 0 fully saturated rings. The van der Waals surface area contributed by atoms with E-state index in [1.807, 2.05) is 4.72 Å². The number of benzene rings is 1. The molecule has 0 spiro atoms. The van der Waals surface area contributed by atoms with Crippen LogP contribution in [-0.4, -0.2) is 13.4 Å². The predicted molar refractivity (Wildman–Crippen MR) is 65.8 cm³/mol. The van der Waals surface area contributed by atoms with Crippen LogP contribution in [-0.2, 0) is 10.0 Å². The number of pyridine rings is 1. The maximum absolute atomic E-state index is 13.5. The first-order valence-corrected chi connectivity index (χ1v) is 6.57. The smallest absolute Gasteiger partial charge is 0.282 e. The van der Waals surface area contributed by atoms with Crippen LogP contribution in [0.4, 0.5) is 20.2 Å². The van der Waals surface area contributed by atoms with E-state index in [4.69, 9.17) is 5.73 Å². The molecule has 0 saturated heterocycles. The van der Waals surface area contributed by atoms with Crippen LogP contribution >= 0.6 is 0 Å². The Morgan fingerprint density at radius 1 is 1.11 bits per heavy atom. The van der Waals surface area contributed by atoms with Gasteiger partial charge in [-0.2, -0.15) is 8.42 Å². The van der Waals surface area contributed by atoms with E-state index in [9.17, 15) is 17.2 Å². The SMILES string of the molecule is Nc1cccc(F)c1NS(=O)(=O)c1ncccc1F. The molecule has 0 aliphatic carbocycles. The van der Waals surface area contributed by atoms with Gasteiger partial charge in [-0.25, -0.2) is 13.8 Å². The summed E-state index contributed by atoms with van der Waals surface area (Å²) < 4.78 is 52.5. The number of nitrogens with one attached hydrogen (secondary N) is 1. The van der Waals surface area contributed by atoms with Gasteiger partial charge in [0.2, 0.25) is 5.03 Å². The van der Waals surface area contributed by atoms with E-state index in [2.05, 4.69) is 4.98 Å². The van der Waals surface area contributed by atoms with Crippen molar-refractivity contribution in [3.63, 3.8) is 0 Å². The normalized spacial score (nSPS) is 11.3. The first-order chi connectivity index (χ1) is 8.92. The Morgan fingerprint density at radius 2 is 1.79 bits per heavy atom. The van der Waals surface area contributed by atoms with Gasteiger partial charge in [-0.3, -0.25) is 4.72 Å². The van der Waals surface area contributed by atoms with Crippen molar-refractivity contribution in [3.05, 3.63) is 48.2 Å². The highest BCUT2D eigenvalue weighted by Crippen LogP contribution is 2.25. The zero-order valence-corrected chi connectivity index (χ0v) is 10.3. The first-order valence-electron chi connectivity index (χ1n) is 5.09.